The van der Waals surface area contributed by atoms with Gasteiger partial charge in [0.2, 0.25) is 5.78 Å². The molecule has 6 heteroatoms. The number of rotatable bonds is 3. The van der Waals surface area contributed by atoms with Crippen LogP contribution in [0.5, 0.6) is 0 Å². The van der Waals surface area contributed by atoms with Crippen LogP contribution in [0.1, 0.15) is 18.2 Å². The Morgan fingerprint density at radius 3 is 2.37 bits per heavy atom. The van der Waals surface area contributed by atoms with Crippen LogP contribution in [0.4, 0.5) is 0 Å². The highest BCUT2D eigenvalue weighted by molar-refractivity contribution is 6.35. The van der Waals surface area contributed by atoms with E-state index in [1.54, 1.807) is 4.90 Å². The summed E-state index contributed by atoms with van der Waals surface area (Å²) < 4.78 is 1.82. The first-order chi connectivity index (χ1) is 8.97. The fourth-order valence-corrected chi connectivity index (χ4v) is 2.38. The molecule has 1 aliphatic rings. The lowest BCUT2D eigenvalue weighted by atomic mass is 10.2. The van der Waals surface area contributed by atoms with E-state index in [9.17, 15) is 9.59 Å². The minimum absolute atomic E-state index is 0.364. The average Bonchev–Trinajstić information content (AvgIpc) is 2.68. The van der Waals surface area contributed by atoms with Crippen LogP contribution < -0.4 is 0 Å². The van der Waals surface area contributed by atoms with Crippen molar-refractivity contribution >= 4 is 11.7 Å². The Morgan fingerprint density at radius 2 is 1.89 bits per heavy atom. The molecule has 1 aromatic heterocycles. The van der Waals surface area contributed by atoms with E-state index in [1.807, 2.05) is 24.9 Å². The lowest BCUT2D eigenvalue weighted by molar-refractivity contribution is -0.144. The molecule has 0 saturated carbocycles. The molecule has 0 aliphatic carbocycles. The first-order valence-corrected chi connectivity index (χ1v) is 6.48. The number of hydrogen-bond acceptors (Lipinski definition) is 4. The van der Waals surface area contributed by atoms with Crippen LogP contribution in [-0.2, 0) is 23.2 Å². The number of amides is 1. The molecule has 1 saturated heterocycles. The highest BCUT2D eigenvalue weighted by atomic mass is 16.2. The van der Waals surface area contributed by atoms with Crippen LogP contribution in [0.15, 0.2) is 6.20 Å². The van der Waals surface area contributed by atoms with Gasteiger partial charge in [0, 0.05) is 58.5 Å². The van der Waals surface area contributed by atoms with Gasteiger partial charge in [0.1, 0.15) is 0 Å². The molecule has 104 valence electrons. The van der Waals surface area contributed by atoms with Crippen molar-refractivity contribution in [1.82, 2.24) is 19.6 Å². The van der Waals surface area contributed by atoms with Gasteiger partial charge in [-0.25, -0.2) is 0 Å². The van der Waals surface area contributed by atoms with Crippen molar-refractivity contribution in [2.45, 2.75) is 20.4 Å². The lowest BCUT2D eigenvalue weighted by Crippen LogP contribution is -2.49. The van der Waals surface area contributed by atoms with Crippen LogP contribution in [0, 0.1) is 6.92 Å². The minimum Gasteiger partial charge on any atom is -0.334 e. The topological polar surface area (TPSA) is 58.4 Å². The van der Waals surface area contributed by atoms with Crippen LogP contribution in [0.2, 0.25) is 0 Å². The predicted octanol–water partition coefficient (Wildman–Crippen LogP) is -0.0383. The van der Waals surface area contributed by atoms with E-state index in [0.29, 0.717) is 13.1 Å². The van der Waals surface area contributed by atoms with Crippen LogP contribution in [-0.4, -0.2) is 57.4 Å². The van der Waals surface area contributed by atoms with E-state index in [-0.39, 0.29) is 11.7 Å². The van der Waals surface area contributed by atoms with Crippen molar-refractivity contribution in [2.75, 3.05) is 26.2 Å². The Hall–Kier alpha value is -1.69. The molecule has 1 aromatic rings. The molecule has 1 aliphatic heterocycles. The van der Waals surface area contributed by atoms with Gasteiger partial charge in [-0.3, -0.25) is 19.2 Å². The molecule has 2 heterocycles. The van der Waals surface area contributed by atoms with Crippen molar-refractivity contribution in [3.05, 3.63) is 17.5 Å². The molecule has 0 unspecified atom stereocenters. The number of carbonyl (C=O) groups is 2. The molecule has 0 N–H and O–H groups in total. The third kappa shape index (κ3) is 3.20. The second kappa shape index (κ2) is 5.52. The number of carbonyl (C=O) groups excluding carboxylic acids is 2. The number of ketones is 1. The van der Waals surface area contributed by atoms with Gasteiger partial charge >= 0.3 is 0 Å². The van der Waals surface area contributed by atoms with Gasteiger partial charge < -0.3 is 4.90 Å². The highest BCUT2D eigenvalue weighted by Gasteiger charge is 2.23. The molecule has 1 fully saturated rings. The minimum atomic E-state index is -0.378. The van der Waals surface area contributed by atoms with E-state index in [1.165, 1.54) is 12.5 Å². The molecule has 19 heavy (non-hydrogen) atoms. The van der Waals surface area contributed by atoms with Crippen molar-refractivity contribution in [3.63, 3.8) is 0 Å². The van der Waals surface area contributed by atoms with Gasteiger partial charge in [-0.1, -0.05) is 0 Å². The van der Waals surface area contributed by atoms with Crippen molar-refractivity contribution in [1.29, 1.82) is 0 Å². The number of aromatic nitrogens is 2. The van der Waals surface area contributed by atoms with Crippen LogP contribution >= 0.6 is 0 Å². The number of Topliss-reactive ketones (excluding diaryl/α,β-unsaturated/α-hetero) is 1. The van der Waals surface area contributed by atoms with Gasteiger partial charge in [0.05, 0.1) is 5.69 Å². The largest absolute Gasteiger partial charge is 0.334 e. The van der Waals surface area contributed by atoms with Crippen LogP contribution in [0.3, 0.4) is 0 Å². The number of hydrogen-bond donors (Lipinski definition) is 0. The standard InChI is InChI=1S/C13H20N4O2/c1-10-12(8-15(3)14-10)9-16-4-6-17(7-5-16)13(19)11(2)18/h8H,4-7,9H2,1-3H3. The van der Waals surface area contributed by atoms with Gasteiger partial charge in [0.25, 0.3) is 5.91 Å². The molecular weight excluding hydrogens is 244 g/mol. The summed E-state index contributed by atoms with van der Waals surface area (Å²) in [6.07, 6.45) is 2.03. The Morgan fingerprint density at radius 1 is 1.26 bits per heavy atom. The second-order valence-corrected chi connectivity index (χ2v) is 5.04. The normalized spacial score (nSPS) is 16.7. The number of piperazine rings is 1. The van der Waals surface area contributed by atoms with E-state index in [2.05, 4.69) is 10.00 Å². The first-order valence-electron chi connectivity index (χ1n) is 6.48. The van der Waals surface area contributed by atoms with Gasteiger partial charge in [-0.05, 0) is 6.92 Å². The maximum Gasteiger partial charge on any atom is 0.289 e. The molecular formula is C13H20N4O2. The lowest BCUT2D eigenvalue weighted by Gasteiger charge is -2.34. The SMILES string of the molecule is CC(=O)C(=O)N1CCN(Cc2cn(C)nc2C)CC1. The summed E-state index contributed by atoms with van der Waals surface area (Å²) in [4.78, 5) is 26.5. The van der Waals surface area contributed by atoms with Crippen molar-refractivity contribution in [3.8, 4) is 0 Å². The van der Waals surface area contributed by atoms with E-state index in [0.717, 1.165) is 25.3 Å². The number of aryl methyl sites for hydroxylation is 2. The summed E-state index contributed by atoms with van der Waals surface area (Å²) in [5.41, 5.74) is 2.26. The maximum atomic E-state index is 11.6. The van der Waals surface area contributed by atoms with Gasteiger partial charge in [0.15, 0.2) is 0 Å². The average molecular weight is 264 g/mol. The predicted molar refractivity (Wildman–Crippen MR) is 70.5 cm³/mol. The quantitative estimate of drug-likeness (QED) is 0.719. The third-order valence-electron chi connectivity index (χ3n) is 3.47. The molecule has 6 nitrogen and oxygen atoms in total. The Labute approximate surface area is 113 Å². The summed E-state index contributed by atoms with van der Waals surface area (Å²) in [6.45, 7) is 7.02. The first kappa shape index (κ1) is 13.7. The second-order valence-electron chi connectivity index (χ2n) is 5.04. The van der Waals surface area contributed by atoms with Crippen molar-refractivity contribution < 1.29 is 9.59 Å². The molecule has 0 radical (unpaired) electrons. The third-order valence-corrected chi connectivity index (χ3v) is 3.47. The van der Waals surface area contributed by atoms with Crippen molar-refractivity contribution in [2.24, 2.45) is 7.05 Å². The zero-order chi connectivity index (χ0) is 14.0. The molecule has 0 aromatic carbocycles. The monoisotopic (exact) mass is 264 g/mol. The summed E-state index contributed by atoms with van der Waals surface area (Å²) in [6, 6.07) is 0. The highest BCUT2D eigenvalue weighted by Crippen LogP contribution is 2.11. The van der Waals surface area contributed by atoms with E-state index in [4.69, 9.17) is 0 Å². The van der Waals surface area contributed by atoms with Gasteiger partial charge in [-0.2, -0.15) is 5.10 Å². The summed E-state index contributed by atoms with van der Waals surface area (Å²) >= 11 is 0. The maximum absolute atomic E-state index is 11.6. The molecule has 0 spiro atoms. The zero-order valence-electron chi connectivity index (χ0n) is 11.7. The van der Waals surface area contributed by atoms with E-state index >= 15 is 0 Å². The summed E-state index contributed by atoms with van der Waals surface area (Å²) in [7, 11) is 1.92. The number of nitrogens with zero attached hydrogens (tertiary/aromatic N) is 4. The zero-order valence-corrected chi connectivity index (χ0v) is 11.7. The van der Waals surface area contributed by atoms with Gasteiger partial charge in [-0.15, -0.1) is 0 Å². The Bertz CT molecular complexity index is 487. The van der Waals surface area contributed by atoms with Crippen LogP contribution in [0.25, 0.3) is 0 Å². The molecule has 0 bridgehead atoms. The summed E-state index contributed by atoms with van der Waals surface area (Å²) in [5.74, 6) is -0.742. The molecule has 0 atom stereocenters. The fraction of sp³-hybridized carbons (Fsp3) is 0.615. The smallest absolute Gasteiger partial charge is 0.289 e. The Kier molecular flexibility index (Phi) is 3.99. The van der Waals surface area contributed by atoms with E-state index < -0.39 is 0 Å². The molecule has 2 rings (SSSR count). The fourth-order valence-electron chi connectivity index (χ4n) is 2.38. The summed E-state index contributed by atoms with van der Waals surface area (Å²) in [5, 5.41) is 4.32. The Balaban J connectivity index is 1.88. The molecule has 1 amide bonds.